The van der Waals surface area contributed by atoms with Gasteiger partial charge in [0.1, 0.15) is 0 Å². The molecule has 14 aromatic carbocycles. The molecule has 0 fully saturated rings. The number of aromatic nitrogens is 1. The minimum atomic E-state index is -0.660. The highest BCUT2D eigenvalue weighted by molar-refractivity contribution is 6.22. The smallest absolute Gasteiger partial charge is 0.0742 e. The molecule has 368 valence electrons. The van der Waals surface area contributed by atoms with E-state index in [0.29, 0.717) is 0 Å². The van der Waals surface area contributed by atoms with Gasteiger partial charge in [0.15, 0.2) is 0 Å². The number of anilines is 3. The molecule has 2 heteroatoms. The Labute approximate surface area is 459 Å². The van der Waals surface area contributed by atoms with Crippen LogP contribution in [0.5, 0.6) is 0 Å². The van der Waals surface area contributed by atoms with Gasteiger partial charge in [0.25, 0.3) is 0 Å². The minimum Gasteiger partial charge on any atom is -0.309 e. The van der Waals surface area contributed by atoms with Gasteiger partial charge in [-0.2, -0.15) is 0 Å². The second kappa shape index (κ2) is 17.9. The highest BCUT2D eigenvalue weighted by atomic mass is 15.2. The Morgan fingerprint density at radius 3 is 1.41 bits per heavy atom. The highest BCUT2D eigenvalue weighted by Gasteiger charge is 2.47. The van der Waals surface area contributed by atoms with Crippen molar-refractivity contribution in [2.75, 3.05) is 4.90 Å². The fraction of sp³-hybridized carbons (Fsp3) is 0.0130. The normalized spacial score (nSPS) is 12.9. The Kier molecular flexibility index (Phi) is 10.2. The van der Waals surface area contributed by atoms with E-state index in [9.17, 15) is 0 Å². The Morgan fingerprint density at radius 1 is 0.253 bits per heavy atom. The molecule has 1 aliphatic rings. The highest BCUT2D eigenvalue weighted by Crippen LogP contribution is 2.60. The summed E-state index contributed by atoms with van der Waals surface area (Å²) >= 11 is 0. The molecule has 0 atom stereocenters. The Balaban J connectivity index is 0.885. The van der Waals surface area contributed by atoms with E-state index >= 15 is 0 Å². The van der Waals surface area contributed by atoms with Crippen LogP contribution in [0.4, 0.5) is 17.1 Å². The summed E-state index contributed by atoms with van der Waals surface area (Å²) in [4.78, 5) is 2.51. The maximum Gasteiger partial charge on any atom is 0.0742 e. The molecule has 2 nitrogen and oxygen atoms in total. The van der Waals surface area contributed by atoms with Gasteiger partial charge in [0.2, 0.25) is 0 Å². The number of para-hydroxylation sites is 2. The summed E-state index contributed by atoms with van der Waals surface area (Å²) in [7, 11) is 0. The van der Waals surface area contributed by atoms with E-state index in [4.69, 9.17) is 0 Å². The van der Waals surface area contributed by atoms with Gasteiger partial charge in [0, 0.05) is 27.5 Å². The quantitative estimate of drug-likeness (QED) is 0.144. The van der Waals surface area contributed by atoms with Gasteiger partial charge in [-0.1, -0.05) is 249 Å². The average molecular weight is 1000 g/mol. The van der Waals surface area contributed by atoms with Crippen molar-refractivity contribution in [2.45, 2.75) is 5.41 Å². The Hall–Kier alpha value is -10.3. The lowest BCUT2D eigenvalue weighted by molar-refractivity contribution is 0.733. The lowest BCUT2D eigenvalue weighted by Crippen LogP contribution is -2.38. The molecular weight excluding hydrogens is 953 g/mol. The number of benzene rings is 14. The molecule has 79 heavy (non-hydrogen) atoms. The third-order valence-corrected chi connectivity index (χ3v) is 17.0. The van der Waals surface area contributed by atoms with E-state index in [1.165, 1.54) is 115 Å². The van der Waals surface area contributed by atoms with Crippen LogP contribution in [0.15, 0.2) is 303 Å². The van der Waals surface area contributed by atoms with E-state index < -0.39 is 5.41 Å². The van der Waals surface area contributed by atoms with E-state index in [-0.39, 0.29) is 0 Å². The summed E-state index contributed by atoms with van der Waals surface area (Å²) < 4.78 is 2.46. The molecule has 16 rings (SSSR count). The number of nitrogens with zero attached hydrogens (tertiary/aromatic N) is 2. The van der Waals surface area contributed by atoms with Crippen molar-refractivity contribution in [3.63, 3.8) is 0 Å². The third-order valence-electron chi connectivity index (χ3n) is 17.0. The molecule has 15 aromatic rings. The standard InChI is InChI=1S/C77H50N2/c1-4-23-58(24-5-1)77(59-25-6-2-7-26-59)69-46-41-52-21-12-13-29-62(52)76(69)79(60-27-8-3-9-28-60)72-47-42-55(49-70(72)77)56-40-45-64-63-30-18-19-35-71(63)78(73(64)50-56)61-43-38-53(39-44-61)74-65-31-14-16-33-67(65)75(68-34-17-15-32-66(68)74)57-37-36-51-20-10-11-22-54(51)48-57/h1-50H. The fourth-order valence-electron chi connectivity index (χ4n) is 13.6. The van der Waals surface area contributed by atoms with Gasteiger partial charge in [0.05, 0.1) is 27.8 Å². The first kappa shape index (κ1) is 45.0. The van der Waals surface area contributed by atoms with Crippen LogP contribution in [-0.2, 0) is 5.41 Å². The van der Waals surface area contributed by atoms with Crippen molar-refractivity contribution < 1.29 is 0 Å². The molecule has 2 heterocycles. The zero-order valence-electron chi connectivity index (χ0n) is 43.3. The van der Waals surface area contributed by atoms with Gasteiger partial charge >= 0.3 is 0 Å². The van der Waals surface area contributed by atoms with Crippen LogP contribution >= 0.6 is 0 Å². The first-order chi connectivity index (χ1) is 39.2. The predicted molar refractivity (Wildman–Crippen MR) is 334 cm³/mol. The topological polar surface area (TPSA) is 8.17 Å². The molecule has 0 saturated heterocycles. The van der Waals surface area contributed by atoms with E-state index in [2.05, 4.69) is 313 Å². The molecule has 0 radical (unpaired) electrons. The molecule has 1 aliphatic heterocycles. The molecule has 0 amide bonds. The predicted octanol–water partition coefficient (Wildman–Crippen LogP) is 20.6. The lowest BCUT2D eigenvalue weighted by Gasteiger charge is -2.47. The second-order valence-electron chi connectivity index (χ2n) is 21.1. The van der Waals surface area contributed by atoms with Crippen molar-refractivity contribution in [3.8, 4) is 39.1 Å². The summed E-state index contributed by atoms with van der Waals surface area (Å²) in [6, 6.07) is 113. The minimum absolute atomic E-state index is 0.660. The van der Waals surface area contributed by atoms with Gasteiger partial charge in [-0.05, 0) is 148 Å². The lowest BCUT2D eigenvalue weighted by atomic mass is 9.61. The van der Waals surface area contributed by atoms with E-state index in [0.717, 1.165) is 28.2 Å². The molecule has 0 bridgehead atoms. The van der Waals surface area contributed by atoms with Crippen LogP contribution in [0.25, 0.3) is 104 Å². The van der Waals surface area contributed by atoms with Crippen molar-refractivity contribution in [1.29, 1.82) is 0 Å². The first-order valence-corrected chi connectivity index (χ1v) is 27.4. The summed E-state index contributed by atoms with van der Waals surface area (Å²) in [6.07, 6.45) is 0. The largest absolute Gasteiger partial charge is 0.309 e. The zero-order valence-corrected chi connectivity index (χ0v) is 43.3. The number of hydrogen-bond acceptors (Lipinski definition) is 1. The second-order valence-corrected chi connectivity index (χ2v) is 21.1. The monoisotopic (exact) mass is 1000 g/mol. The fourth-order valence-corrected chi connectivity index (χ4v) is 13.6. The molecule has 0 spiro atoms. The molecular formula is C77H50N2. The molecule has 0 unspecified atom stereocenters. The summed E-state index contributed by atoms with van der Waals surface area (Å²) in [5.74, 6) is 0. The van der Waals surface area contributed by atoms with Gasteiger partial charge < -0.3 is 9.47 Å². The summed E-state index contributed by atoms with van der Waals surface area (Å²) in [6.45, 7) is 0. The van der Waals surface area contributed by atoms with Crippen molar-refractivity contribution in [3.05, 3.63) is 326 Å². The van der Waals surface area contributed by atoms with Gasteiger partial charge in [-0.3, -0.25) is 0 Å². The Morgan fingerprint density at radius 2 is 0.734 bits per heavy atom. The molecule has 0 N–H and O–H groups in total. The number of rotatable bonds is 7. The van der Waals surface area contributed by atoms with E-state index in [1.807, 2.05) is 0 Å². The molecule has 0 aliphatic carbocycles. The van der Waals surface area contributed by atoms with Crippen molar-refractivity contribution in [1.82, 2.24) is 4.57 Å². The van der Waals surface area contributed by atoms with E-state index in [1.54, 1.807) is 0 Å². The van der Waals surface area contributed by atoms with Gasteiger partial charge in [-0.15, -0.1) is 0 Å². The van der Waals surface area contributed by atoms with Crippen molar-refractivity contribution >= 4 is 82.0 Å². The first-order valence-electron chi connectivity index (χ1n) is 27.4. The number of fused-ring (bicyclic) bond motifs is 10. The zero-order chi connectivity index (χ0) is 52.0. The van der Waals surface area contributed by atoms with Crippen LogP contribution in [0.1, 0.15) is 22.3 Å². The maximum atomic E-state index is 2.51. The summed E-state index contributed by atoms with van der Waals surface area (Å²) in [5, 5.41) is 12.4. The molecule has 1 aromatic heterocycles. The van der Waals surface area contributed by atoms with Crippen LogP contribution in [0.2, 0.25) is 0 Å². The maximum absolute atomic E-state index is 2.51. The van der Waals surface area contributed by atoms with Crippen LogP contribution in [-0.4, -0.2) is 4.57 Å². The van der Waals surface area contributed by atoms with Crippen LogP contribution < -0.4 is 4.90 Å². The van der Waals surface area contributed by atoms with Crippen LogP contribution in [0.3, 0.4) is 0 Å². The average Bonchev–Trinajstić information content (AvgIpc) is 3.95. The van der Waals surface area contributed by atoms with Crippen molar-refractivity contribution in [2.24, 2.45) is 0 Å². The van der Waals surface area contributed by atoms with Gasteiger partial charge in [-0.25, -0.2) is 0 Å². The molecule has 0 saturated carbocycles. The SMILES string of the molecule is c1ccc(N2c3ccc(-c4ccc5c6ccccc6n(-c6ccc(-c7c8ccccc8c(-c8ccc9ccccc9c8)c8ccccc78)cc6)c5c4)cc3C(c3ccccc3)(c3ccccc3)c3ccc4ccccc4c32)cc1. The third kappa shape index (κ3) is 6.84. The summed E-state index contributed by atoms with van der Waals surface area (Å²) in [5.41, 5.74) is 18.5. The van der Waals surface area contributed by atoms with Crippen LogP contribution in [0, 0.1) is 0 Å². The number of hydrogen-bond donors (Lipinski definition) is 0. The Bertz CT molecular complexity index is 4780.